The summed E-state index contributed by atoms with van der Waals surface area (Å²) in [7, 11) is 0. The van der Waals surface area contributed by atoms with E-state index in [4.69, 9.17) is 0 Å². The number of rotatable bonds is 5. The fourth-order valence-corrected chi connectivity index (χ4v) is 1.98. The smallest absolute Gasteiger partial charge is 0.00926 e. The maximum Gasteiger partial charge on any atom is 0.00926 e. The molecule has 1 N–H and O–H groups in total. The molecule has 0 heterocycles. The third-order valence-electron chi connectivity index (χ3n) is 2.85. The molecule has 12 heavy (non-hydrogen) atoms. The Morgan fingerprint density at radius 3 is 2.92 bits per heavy atom. The van der Waals surface area contributed by atoms with Crippen LogP contribution in [-0.4, -0.2) is 12.6 Å². The van der Waals surface area contributed by atoms with Crippen LogP contribution in [0.3, 0.4) is 0 Å². The predicted molar refractivity (Wildman–Crippen MR) is 54.2 cm³/mol. The largest absolute Gasteiger partial charge is 0.314 e. The summed E-state index contributed by atoms with van der Waals surface area (Å²) in [5.74, 6) is 0.897. The lowest BCUT2D eigenvalue weighted by molar-refractivity contribution is 0.425. The van der Waals surface area contributed by atoms with Crippen molar-refractivity contribution < 1.29 is 0 Å². The van der Waals surface area contributed by atoms with Crippen molar-refractivity contribution in [3.63, 3.8) is 0 Å². The Bertz CT molecular complexity index is 131. The second-order valence-corrected chi connectivity index (χ2v) is 3.90. The molecule has 0 bridgehead atoms. The molecule has 0 aliphatic heterocycles. The number of allylic oxidation sites excluding steroid dienone is 1. The highest BCUT2D eigenvalue weighted by Crippen LogP contribution is 2.24. The molecule has 1 rings (SSSR count). The SMILES string of the molecule is C=CCCCNC1CCCC1C. The van der Waals surface area contributed by atoms with Gasteiger partial charge in [-0.25, -0.2) is 0 Å². The van der Waals surface area contributed by atoms with Crippen LogP contribution in [0.15, 0.2) is 12.7 Å². The van der Waals surface area contributed by atoms with Crippen LogP contribution >= 0.6 is 0 Å². The molecule has 0 aromatic rings. The van der Waals surface area contributed by atoms with Gasteiger partial charge in [0.05, 0.1) is 0 Å². The summed E-state index contributed by atoms with van der Waals surface area (Å²) < 4.78 is 0. The fraction of sp³-hybridized carbons (Fsp3) is 0.818. The van der Waals surface area contributed by atoms with E-state index in [1.807, 2.05) is 6.08 Å². The second-order valence-electron chi connectivity index (χ2n) is 3.90. The Labute approximate surface area is 76.2 Å². The van der Waals surface area contributed by atoms with Crippen molar-refractivity contribution in [1.29, 1.82) is 0 Å². The van der Waals surface area contributed by atoms with Gasteiger partial charge in [-0.2, -0.15) is 0 Å². The van der Waals surface area contributed by atoms with Gasteiger partial charge in [0.15, 0.2) is 0 Å². The lowest BCUT2D eigenvalue weighted by Crippen LogP contribution is -2.31. The minimum Gasteiger partial charge on any atom is -0.314 e. The Hall–Kier alpha value is -0.300. The van der Waals surface area contributed by atoms with Crippen LogP contribution in [0.25, 0.3) is 0 Å². The lowest BCUT2D eigenvalue weighted by Gasteiger charge is -2.16. The first-order valence-corrected chi connectivity index (χ1v) is 5.19. The van der Waals surface area contributed by atoms with Crippen molar-refractivity contribution in [3.05, 3.63) is 12.7 Å². The molecule has 2 atom stereocenters. The lowest BCUT2D eigenvalue weighted by atomic mass is 10.1. The Morgan fingerprint density at radius 2 is 2.33 bits per heavy atom. The van der Waals surface area contributed by atoms with Crippen molar-refractivity contribution in [2.45, 2.75) is 45.1 Å². The molecule has 70 valence electrons. The van der Waals surface area contributed by atoms with E-state index >= 15 is 0 Å². The van der Waals surface area contributed by atoms with E-state index in [9.17, 15) is 0 Å². The van der Waals surface area contributed by atoms with Crippen LogP contribution in [-0.2, 0) is 0 Å². The van der Waals surface area contributed by atoms with Crippen LogP contribution < -0.4 is 5.32 Å². The van der Waals surface area contributed by atoms with Gasteiger partial charge in [-0.1, -0.05) is 19.4 Å². The molecule has 0 amide bonds. The van der Waals surface area contributed by atoms with Crippen molar-refractivity contribution in [1.82, 2.24) is 5.32 Å². The van der Waals surface area contributed by atoms with E-state index < -0.39 is 0 Å². The predicted octanol–water partition coefficient (Wildman–Crippen LogP) is 2.73. The van der Waals surface area contributed by atoms with Crippen LogP contribution in [0.4, 0.5) is 0 Å². The molecule has 1 aliphatic carbocycles. The summed E-state index contributed by atoms with van der Waals surface area (Å²) >= 11 is 0. The Morgan fingerprint density at radius 1 is 1.50 bits per heavy atom. The van der Waals surface area contributed by atoms with Gasteiger partial charge >= 0.3 is 0 Å². The van der Waals surface area contributed by atoms with Crippen molar-refractivity contribution in [2.75, 3.05) is 6.54 Å². The molecule has 0 radical (unpaired) electrons. The second kappa shape index (κ2) is 5.36. The zero-order valence-electron chi connectivity index (χ0n) is 8.18. The van der Waals surface area contributed by atoms with E-state index in [0.29, 0.717) is 0 Å². The van der Waals surface area contributed by atoms with Crippen LogP contribution in [0.5, 0.6) is 0 Å². The van der Waals surface area contributed by atoms with Crippen molar-refractivity contribution in [3.8, 4) is 0 Å². The molecule has 1 nitrogen and oxygen atoms in total. The van der Waals surface area contributed by atoms with Gasteiger partial charge in [-0.05, 0) is 38.1 Å². The number of hydrogen-bond donors (Lipinski definition) is 1. The molecule has 0 aromatic carbocycles. The van der Waals surface area contributed by atoms with E-state index in [2.05, 4.69) is 18.8 Å². The van der Waals surface area contributed by atoms with Crippen LogP contribution in [0, 0.1) is 5.92 Å². The third kappa shape index (κ3) is 2.98. The van der Waals surface area contributed by atoms with Gasteiger partial charge in [0.1, 0.15) is 0 Å². The average Bonchev–Trinajstić information content (AvgIpc) is 2.46. The monoisotopic (exact) mass is 167 g/mol. The topological polar surface area (TPSA) is 12.0 Å². The molecule has 1 aliphatic rings. The van der Waals surface area contributed by atoms with Crippen LogP contribution in [0.2, 0.25) is 0 Å². The molecule has 1 saturated carbocycles. The minimum absolute atomic E-state index is 0.801. The highest BCUT2D eigenvalue weighted by atomic mass is 14.9. The summed E-state index contributed by atoms with van der Waals surface area (Å²) in [5.41, 5.74) is 0. The standard InChI is InChI=1S/C11H21N/c1-3-4-5-9-12-11-8-6-7-10(11)2/h3,10-12H,1,4-9H2,2H3. The quantitative estimate of drug-likeness (QED) is 0.490. The third-order valence-corrected chi connectivity index (χ3v) is 2.85. The summed E-state index contributed by atoms with van der Waals surface area (Å²) in [6.07, 6.45) is 8.61. The van der Waals surface area contributed by atoms with Gasteiger partial charge in [0.2, 0.25) is 0 Å². The molecule has 0 saturated heterocycles. The first-order chi connectivity index (χ1) is 5.84. The Balaban J connectivity index is 2.02. The molecular weight excluding hydrogens is 146 g/mol. The van der Waals surface area contributed by atoms with Gasteiger partial charge in [0.25, 0.3) is 0 Å². The maximum absolute atomic E-state index is 3.72. The van der Waals surface area contributed by atoms with E-state index in [1.165, 1.54) is 32.2 Å². The number of nitrogens with one attached hydrogen (secondary N) is 1. The highest BCUT2D eigenvalue weighted by Gasteiger charge is 2.21. The van der Waals surface area contributed by atoms with E-state index in [0.717, 1.165) is 18.4 Å². The zero-order chi connectivity index (χ0) is 8.81. The highest BCUT2D eigenvalue weighted by molar-refractivity contribution is 4.80. The van der Waals surface area contributed by atoms with Gasteiger partial charge < -0.3 is 5.32 Å². The normalized spacial score (nSPS) is 29.1. The average molecular weight is 167 g/mol. The first kappa shape index (κ1) is 9.79. The van der Waals surface area contributed by atoms with Crippen molar-refractivity contribution in [2.24, 2.45) is 5.92 Å². The molecule has 0 aromatic heterocycles. The zero-order valence-corrected chi connectivity index (χ0v) is 8.18. The fourth-order valence-electron chi connectivity index (χ4n) is 1.98. The van der Waals surface area contributed by atoms with E-state index in [1.54, 1.807) is 0 Å². The number of hydrogen-bond acceptors (Lipinski definition) is 1. The molecule has 0 spiro atoms. The molecule has 2 unspecified atom stereocenters. The summed E-state index contributed by atoms with van der Waals surface area (Å²) in [5, 5.41) is 3.62. The Kier molecular flexibility index (Phi) is 4.37. The van der Waals surface area contributed by atoms with Gasteiger partial charge in [0, 0.05) is 6.04 Å². The van der Waals surface area contributed by atoms with Crippen molar-refractivity contribution >= 4 is 0 Å². The summed E-state index contributed by atoms with van der Waals surface area (Å²) in [4.78, 5) is 0. The summed E-state index contributed by atoms with van der Waals surface area (Å²) in [6, 6.07) is 0.801. The number of unbranched alkanes of at least 4 members (excludes halogenated alkanes) is 1. The summed E-state index contributed by atoms with van der Waals surface area (Å²) in [6.45, 7) is 7.24. The first-order valence-electron chi connectivity index (χ1n) is 5.19. The minimum atomic E-state index is 0.801. The molecule has 1 heteroatoms. The van der Waals surface area contributed by atoms with Gasteiger partial charge in [-0.15, -0.1) is 6.58 Å². The van der Waals surface area contributed by atoms with Gasteiger partial charge in [-0.3, -0.25) is 0 Å². The molecule has 1 fully saturated rings. The van der Waals surface area contributed by atoms with Crippen LogP contribution in [0.1, 0.15) is 39.0 Å². The molecular formula is C11H21N. The maximum atomic E-state index is 3.72. The van der Waals surface area contributed by atoms with E-state index in [-0.39, 0.29) is 0 Å².